The number of aryl methyl sites for hydroxylation is 1. The number of carbonyl (C=O) groups excluding carboxylic acids is 1. The van der Waals surface area contributed by atoms with Crippen LogP contribution in [0.3, 0.4) is 0 Å². The lowest BCUT2D eigenvalue weighted by Gasteiger charge is -2.36. The normalized spacial score (nSPS) is 16.4. The number of ether oxygens (including phenoxy) is 1. The Kier molecular flexibility index (Phi) is 10.4. The molecular formula is C22H36ClN5O2. The number of hydrogen-bond donors (Lipinski definition) is 3. The van der Waals surface area contributed by atoms with E-state index in [9.17, 15) is 4.79 Å². The fraction of sp³-hybridized carbons (Fsp3) is 0.636. The third-order valence-corrected chi connectivity index (χ3v) is 5.42. The Morgan fingerprint density at radius 2 is 2.00 bits per heavy atom. The molecule has 8 heteroatoms. The van der Waals surface area contributed by atoms with E-state index in [1.54, 1.807) is 0 Å². The monoisotopic (exact) mass is 437 g/mol. The number of guanidine groups is 1. The van der Waals surface area contributed by atoms with Gasteiger partial charge in [0.1, 0.15) is 0 Å². The predicted molar refractivity (Wildman–Crippen MR) is 124 cm³/mol. The number of rotatable bonds is 9. The van der Waals surface area contributed by atoms with E-state index in [1.807, 2.05) is 32.0 Å². The van der Waals surface area contributed by atoms with Crippen molar-refractivity contribution in [1.29, 1.82) is 0 Å². The molecule has 1 fully saturated rings. The largest absolute Gasteiger partial charge is 0.379 e. The van der Waals surface area contributed by atoms with E-state index in [2.05, 4.69) is 34.7 Å². The van der Waals surface area contributed by atoms with Gasteiger partial charge in [-0.25, -0.2) is 0 Å². The Morgan fingerprint density at radius 1 is 1.27 bits per heavy atom. The maximum absolute atomic E-state index is 12.3. The smallest absolute Gasteiger partial charge is 0.226 e. The molecule has 1 unspecified atom stereocenters. The SMILES string of the molecule is CCNC(=NCC(C(C)C)N1CCOCC1)NCCC(=O)Nc1ccc(C)cc1Cl. The third-order valence-electron chi connectivity index (χ3n) is 5.11. The summed E-state index contributed by atoms with van der Waals surface area (Å²) in [5, 5.41) is 9.93. The van der Waals surface area contributed by atoms with Crippen molar-refractivity contribution < 1.29 is 9.53 Å². The van der Waals surface area contributed by atoms with Crippen LogP contribution in [0.25, 0.3) is 0 Å². The first-order valence-electron chi connectivity index (χ1n) is 10.8. The van der Waals surface area contributed by atoms with E-state index in [1.165, 1.54) is 0 Å². The van der Waals surface area contributed by atoms with E-state index in [0.29, 0.717) is 42.2 Å². The first-order chi connectivity index (χ1) is 14.4. The lowest BCUT2D eigenvalue weighted by atomic mass is 10.0. The Morgan fingerprint density at radius 3 is 2.63 bits per heavy atom. The average molecular weight is 438 g/mol. The molecule has 2 rings (SSSR count). The summed E-state index contributed by atoms with van der Waals surface area (Å²) in [5.41, 5.74) is 1.70. The van der Waals surface area contributed by atoms with Crippen LogP contribution in [0.1, 0.15) is 32.8 Å². The van der Waals surface area contributed by atoms with E-state index in [-0.39, 0.29) is 5.91 Å². The first-order valence-corrected chi connectivity index (χ1v) is 11.2. The van der Waals surface area contributed by atoms with Crippen molar-refractivity contribution in [2.75, 3.05) is 51.3 Å². The van der Waals surface area contributed by atoms with Crippen molar-refractivity contribution in [3.05, 3.63) is 28.8 Å². The summed E-state index contributed by atoms with van der Waals surface area (Å²) in [4.78, 5) is 19.5. The van der Waals surface area contributed by atoms with Crippen LogP contribution >= 0.6 is 11.6 Å². The topological polar surface area (TPSA) is 78.0 Å². The quantitative estimate of drug-likeness (QED) is 0.409. The molecule has 0 aromatic heterocycles. The van der Waals surface area contributed by atoms with Gasteiger partial charge in [-0.2, -0.15) is 0 Å². The molecule has 1 aliphatic rings. The van der Waals surface area contributed by atoms with Gasteiger partial charge >= 0.3 is 0 Å². The Labute approximate surface area is 185 Å². The molecule has 3 N–H and O–H groups in total. The second kappa shape index (κ2) is 12.8. The summed E-state index contributed by atoms with van der Waals surface area (Å²) < 4.78 is 5.48. The van der Waals surface area contributed by atoms with Crippen LogP contribution in [0, 0.1) is 12.8 Å². The number of carbonyl (C=O) groups is 1. The molecule has 0 bridgehead atoms. The molecule has 0 spiro atoms. The van der Waals surface area contributed by atoms with Crippen molar-refractivity contribution in [2.45, 2.75) is 40.2 Å². The zero-order valence-electron chi connectivity index (χ0n) is 18.6. The minimum absolute atomic E-state index is 0.0857. The number of anilines is 1. The zero-order chi connectivity index (χ0) is 21.9. The summed E-state index contributed by atoms with van der Waals surface area (Å²) in [7, 11) is 0. The molecular weight excluding hydrogens is 402 g/mol. The van der Waals surface area contributed by atoms with E-state index >= 15 is 0 Å². The molecule has 1 atom stereocenters. The van der Waals surface area contributed by atoms with Crippen LogP contribution in [0.15, 0.2) is 23.2 Å². The number of nitrogens with one attached hydrogen (secondary N) is 3. The molecule has 168 valence electrons. The van der Waals surface area contributed by atoms with Gasteiger partial charge in [0.05, 0.1) is 30.5 Å². The minimum atomic E-state index is -0.0857. The van der Waals surface area contributed by atoms with Gasteiger partial charge in [-0.05, 0) is 37.5 Å². The molecule has 7 nitrogen and oxygen atoms in total. The van der Waals surface area contributed by atoms with Gasteiger partial charge in [-0.15, -0.1) is 0 Å². The molecule has 1 aliphatic heterocycles. The number of nitrogens with zero attached hydrogens (tertiary/aromatic N) is 2. The van der Waals surface area contributed by atoms with Crippen LogP contribution in [0.4, 0.5) is 5.69 Å². The highest BCUT2D eigenvalue weighted by molar-refractivity contribution is 6.33. The maximum Gasteiger partial charge on any atom is 0.226 e. The molecule has 30 heavy (non-hydrogen) atoms. The molecule has 1 aromatic rings. The number of halogens is 1. The van der Waals surface area contributed by atoms with Crippen LogP contribution < -0.4 is 16.0 Å². The molecule has 1 aromatic carbocycles. The number of hydrogen-bond acceptors (Lipinski definition) is 4. The molecule has 0 aliphatic carbocycles. The van der Waals surface area contributed by atoms with Crippen molar-refractivity contribution >= 4 is 29.2 Å². The van der Waals surface area contributed by atoms with Crippen LogP contribution in [-0.2, 0) is 9.53 Å². The second-order valence-electron chi connectivity index (χ2n) is 7.89. The van der Waals surface area contributed by atoms with Crippen LogP contribution in [0.2, 0.25) is 5.02 Å². The number of benzene rings is 1. The highest BCUT2D eigenvalue weighted by Crippen LogP contribution is 2.22. The minimum Gasteiger partial charge on any atom is -0.379 e. The zero-order valence-corrected chi connectivity index (χ0v) is 19.4. The van der Waals surface area contributed by atoms with Crippen molar-refractivity contribution in [3.8, 4) is 0 Å². The van der Waals surface area contributed by atoms with Crippen LogP contribution in [-0.4, -0.2) is 68.7 Å². The second-order valence-corrected chi connectivity index (χ2v) is 8.29. The summed E-state index contributed by atoms with van der Waals surface area (Å²) in [6.07, 6.45) is 0.325. The first kappa shape index (κ1) is 24.4. The molecule has 1 heterocycles. The van der Waals surface area contributed by atoms with E-state index in [0.717, 1.165) is 44.4 Å². The lowest BCUT2D eigenvalue weighted by molar-refractivity contribution is -0.116. The summed E-state index contributed by atoms with van der Waals surface area (Å²) >= 11 is 6.19. The van der Waals surface area contributed by atoms with Crippen molar-refractivity contribution in [1.82, 2.24) is 15.5 Å². The van der Waals surface area contributed by atoms with E-state index in [4.69, 9.17) is 21.3 Å². The third kappa shape index (κ3) is 8.13. The van der Waals surface area contributed by atoms with Gasteiger partial charge in [0.15, 0.2) is 5.96 Å². The fourth-order valence-corrected chi connectivity index (χ4v) is 3.69. The highest BCUT2D eigenvalue weighted by atomic mass is 35.5. The molecule has 1 amide bonds. The number of morpholine rings is 1. The summed E-state index contributed by atoms with van der Waals surface area (Å²) in [6, 6.07) is 5.96. The molecule has 0 saturated carbocycles. The van der Waals surface area contributed by atoms with Gasteiger partial charge in [-0.1, -0.05) is 31.5 Å². The van der Waals surface area contributed by atoms with Gasteiger partial charge in [0.25, 0.3) is 0 Å². The fourth-order valence-electron chi connectivity index (χ4n) is 3.41. The molecule has 0 radical (unpaired) electrons. The number of amides is 1. The van der Waals surface area contributed by atoms with Gasteiger partial charge in [0, 0.05) is 38.6 Å². The Bertz CT molecular complexity index is 705. The van der Waals surface area contributed by atoms with Crippen molar-refractivity contribution in [2.24, 2.45) is 10.9 Å². The van der Waals surface area contributed by atoms with Gasteiger partial charge < -0.3 is 20.7 Å². The number of aliphatic imine (C=N–C) groups is 1. The maximum atomic E-state index is 12.3. The predicted octanol–water partition coefficient (Wildman–Crippen LogP) is 2.89. The van der Waals surface area contributed by atoms with Crippen LogP contribution in [0.5, 0.6) is 0 Å². The summed E-state index contributed by atoms with van der Waals surface area (Å²) in [6.45, 7) is 13.9. The average Bonchev–Trinajstić information content (AvgIpc) is 2.71. The van der Waals surface area contributed by atoms with Gasteiger partial charge in [-0.3, -0.25) is 14.7 Å². The highest BCUT2D eigenvalue weighted by Gasteiger charge is 2.23. The van der Waals surface area contributed by atoms with Crippen molar-refractivity contribution in [3.63, 3.8) is 0 Å². The molecule has 1 saturated heterocycles. The van der Waals surface area contributed by atoms with Gasteiger partial charge in [0.2, 0.25) is 5.91 Å². The Hall–Kier alpha value is -1.83. The standard InChI is InChI=1S/C22H36ClN5O2/c1-5-24-22(26-15-20(16(2)3)28-10-12-30-13-11-28)25-9-8-21(29)27-19-7-6-17(4)14-18(19)23/h6-7,14,16,20H,5,8-13,15H2,1-4H3,(H,27,29)(H2,24,25,26). The summed E-state index contributed by atoms with van der Waals surface area (Å²) in [5.74, 6) is 1.15. The van der Waals surface area contributed by atoms with E-state index < -0.39 is 0 Å². The lowest BCUT2D eigenvalue weighted by Crippen LogP contribution is -2.48. The Balaban J connectivity index is 1.85.